The third-order valence-electron chi connectivity index (χ3n) is 4.45. The molecule has 0 aliphatic carbocycles. The standard InChI is InChI=1S/C25H28N2O4S/c1-25(2,3)27-32(29,30)21-16-13-19(14-17-21)15-18-24(28)26-22-11-7-8-12-23(22)31-20-9-5-4-6-10-20/h4-14,16-17,27H,15,18H2,1-3H3,(H,26,28). The molecule has 0 spiro atoms. The number of para-hydroxylation sites is 3. The van der Waals surface area contributed by atoms with Gasteiger partial charge >= 0.3 is 0 Å². The Morgan fingerprint density at radius 2 is 1.50 bits per heavy atom. The minimum absolute atomic E-state index is 0.153. The molecular formula is C25H28N2O4S. The van der Waals surface area contributed by atoms with E-state index in [-0.39, 0.29) is 17.2 Å². The van der Waals surface area contributed by atoms with Crippen molar-refractivity contribution in [3.63, 3.8) is 0 Å². The average molecular weight is 453 g/mol. The first-order valence-corrected chi connectivity index (χ1v) is 11.9. The van der Waals surface area contributed by atoms with Crippen LogP contribution in [0.25, 0.3) is 0 Å². The molecule has 0 atom stereocenters. The first-order valence-electron chi connectivity index (χ1n) is 10.4. The normalized spacial score (nSPS) is 11.7. The van der Waals surface area contributed by atoms with Crippen LogP contribution in [-0.4, -0.2) is 19.9 Å². The number of aryl methyl sites for hydroxylation is 1. The Balaban J connectivity index is 1.59. The maximum Gasteiger partial charge on any atom is 0.241 e. The van der Waals surface area contributed by atoms with E-state index in [9.17, 15) is 13.2 Å². The minimum atomic E-state index is -3.58. The summed E-state index contributed by atoms with van der Waals surface area (Å²) >= 11 is 0. The summed E-state index contributed by atoms with van der Waals surface area (Å²) < 4.78 is 33.3. The van der Waals surface area contributed by atoms with Crippen LogP contribution in [0.4, 0.5) is 5.69 Å². The van der Waals surface area contributed by atoms with Crippen LogP contribution in [0.5, 0.6) is 11.5 Å². The average Bonchev–Trinajstić information content (AvgIpc) is 2.73. The van der Waals surface area contributed by atoms with Gasteiger partial charge in [-0.15, -0.1) is 0 Å². The highest BCUT2D eigenvalue weighted by Gasteiger charge is 2.21. The van der Waals surface area contributed by atoms with Crippen LogP contribution in [-0.2, 0) is 21.2 Å². The molecule has 6 nitrogen and oxygen atoms in total. The monoisotopic (exact) mass is 452 g/mol. The van der Waals surface area contributed by atoms with Gasteiger partial charge in [0.25, 0.3) is 0 Å². The van der Waals surface area contributed by atoms with Crippen molar-refractivity contribution in [1.82, 2.24) is 4.72 Å². The molecule has 2 N–H and O–H groups in total. The molecular weight excluding hydrogens is 424 g/mol. The van der Waals surface area contributed by atoms with Crippen LogP contribution >= 0.6 is 0 Å². The lowest BCUT2D eigenvalue weighted by molar-refractivity contribution is -0.116. The number of hydrogen-bond acceptors (Lipinski definition) is 4. The molecule has 7 heteroatoms. The number of carbonyl (C=O) groups is 1. The third kappa shape index (κ3) is 6.93. The second kappa shape index (κ2) is 9.97. The molecule has 3 aromatic rings. The second-order valence-corrected chi connectivity index (χ2v) is 10.1. The lowest BCUT2D eigenvalue weighted by atomic mass is 10.1. The molecule has 3 aromatic carbocycles. The van der Waals surface area contributed by atoms with Gasteiger partial charge in [0.05, 0.1) is 10.6 Å². The highest BCUT2D eigenvalue weighted by atomic mass is 32.2. The summed E-state index contributed by atoms with van der Waals surface area (Å²) in [6.07, 6.45) is 0.743. The van der Waals surface area contributed by atoms with Crippen molar-refractivity contribution in [1.29, 1.82) is 0 Å². The zero-order valence-electron chi connectivity index (χ0n) is 18.5. The lowest BCUT2D eigenvalue weighted by Crippen LogP contribution is -2.40. The number of amides is 1. The van der Waals surface area contributed by atoms with Crippen molar-refractivity contribution in [3.05, 3.63) is 84.4 Å². The Morgan fingerprint density at radius 3 is 2.16 bits per heavy atom. The molecule has 0 aromatic heterocycles. The molecule has 0 unspecified atom stereocenters. The van der Waals surface area contributed by atoms with Crippen LogP contribution in [0, 0.1) is 0 Å². The van der Waals surface area contributed by atoms with Gasteiger partial charge in [-0.3, -0.25) is 4.79 Å². The smallest absolute Gasteiger partial charge is 0.241 e. The number of carbonyl (C=O) groups excluding carboxylic acids is 1. The van der Waals surface area contributed by atoms with Crippen molar-refractivity contribution in [3.8, 4) is 11.5 Å². The van der Waals surface area contributed by atoms with Crippen molar-refractivity contribution in [2.45, 2.75) is 44.0 Å². The highest BCUT2D eigenvalue weighted by molar-refractivity contribution is 7.89. The Hall–Kier alpha value is -3.16. The van der Waals surface area contributed by atoms with Gasteiger partial charge in [0, 0.05) is 12.0 Å². The lowest BCUT2D eigenvalue weighted by Gasteiger charge is -2.20. The first-order chi connectivity index (χ1) is 15.1. The zero-order chi connectivity index (χ0) is 23.2. The molecule has 0 radical (unpaired) electrons. The molecule has 3 rings (SSSR count). The molecule has 0 aliphatic heterocycles. The van der Waals surface area contributed by atoms with E-state index in [1.807, 2.05) is 42.5 Å². The summed E-state index contributed by atoms with van der Waals surface area (Å²) in [6.45, 7) is 5.38. The largest absolute Gasteiger partial charge is 0.455 e. The van der Waals surface area contributed by atoms with E-state index in [1.165, 1.54) is 0 Å². The van der Waals surface area contributed by atoms with Crippen molar-refractivity contribution in [2.24, 2.45) is 0 Å². The minimum Gasteiger partial charge on any atom is -0.455 e. The van der Waals surface area contributed by atoms with E-state index in [1.54, 1.807) is 57.2 Å². The number of anilines is 1. The Bertz CT molecular complexity index is 1150. The number of sulfonamides is 1. The maximum atomic E-state index is 12.5. The fourth-order valence-electron chi connectivity index (χ4n) is 3.04. The number of nitrogens with one attached hydrogen (secondary N) is 2. The van der Waals surface area contributed by atoms with Gasteiger partial charge in [-0.05, 0) is 69.2 Å². The van der Waals surface area contributed by atoms with E-state index in [0.717, 1.165) is 5.56 Å². The van der Waals surface area contributed by atoms with Gasteiger partial charge in [-0.2, -0.15) is 0 Å². The van der Waals surface area contributed by atoms with Gasteiger partial charge in [0.15, 0.2) is 5.75 Å². The maximum absolute atomic E-state index is 12.5. The Labute approximate surface area is 189 Å². The van der Waals surface area contributed by atoms with Gasteiger partial charge in [-0.25, -0.2) is 13.1 Å². The molecule has 168 valence electrons. The van der Waals surface area contributed by atoms with Crippen LogP contribution in [0.1, 0.15) is 32.8 Å². The van der Waals surface area contributed by atoms with E-state index >= 15 is 0 Å². The van der Waals surface area contributed by atoms with E-state index in [0.29, 0.717) is 23.6 Å². The SMILES string of the molecule is CC(C)(C)NS(=O)(=O)c1ccc(CCC(=O)Nc2ccccc2Oc2ccccc2)cc1. The summed E-state index contributed by atoms with van der Waals surface area (Å²) in [6, 6.07) is 23.2. The zero-order valence-corrected chi connectivity index (χ0v) is 19.3. The summed E-state index contributed by atoms with van der Waals surface area (Å²) in [5.41, 5.74) is 0.913. The first kappa shape index (κ1) is 23.5. The van der Waals surface area contributed by atoms with Gasteiger partial charge in [-0.1, -0.05) is 42.5 Å². The van der Waals surface area contributed by atoms with E-state index in [2.05, 4.69) is 10.0 Å². The molecule has 0 bridgehead atoms. The summed E-state index contributed by atoms with van der Waals surface area (Å²) in [7, 11) is -3.58. The van der Waals surface area contributed by atoms with Crippen LogP contribution in [0.2, 0.25) is 0 Å². The molecule has 1 amide bonds. The van der Waals surface area contributed by atoms with E-state index in [4.69, 9.17) is 4.74 Å². The molecule has 0 saturated heterocycles. The van der Waals surface area contributed by atoms with Gasteiger partial charge < -0.3 is 10.1 Å². The topological polar surface area (TPSA) is 84.5 Å². The Kier molecular flexibility index (Phi) is 7.33. The second-order valence-electron chi connectivity index (χ2n) is 8.46. The summed E-state index contributed by atoms with van der Waals surface area (Å²) in [4.78, 5) is 12.7. The predicted molar refractivity (Wildman–Crippen MR) is 126 cm³/mol. The predicted octanol–water partition coefficient (Wildman–Crippen LogP) is 5.13. The molecule has 0 saturated carbocycles. The summed E-state index contributed by atoms with van der Waals surface area (Å²) in [5, 5.41) is 2.89. The van der Waals surface area contributed by atoms with Crippen molar-refractivity contribution >= 4 is 21.6 Å². The van der Waals surface area contributed by atoms with Crippen molar-refractivity contribution < 1.29 is 17.9 Å². The number of ether oxygens (including phenoxy) is 1. The number of hydrogen-bond donors (Lipinski definition) is 2. The van der Waals surface area contributed by atoms with E-state index < -0.39 is 15.6 Å². The van der Waals surface area contributed by atoms with Crippen LogP contribution < -0.4 is 14.8 Å². The molecule has 32 heavy (non-hydrogen) atoms. The van der Waals surface area contributed by atoms with Crippen molar-refractivity contribution in [2.75, 3.05) is 5.32 Å². The molecule has 0 fully saturated rings. The number of rotatable bonds is 8. The van der Waals surface area contributed by atoms with Gasteiger partial charge in [0.2, 0.25) is 15.9 Å². The highest BCUT2D eigenvalue weighted by Crippen LogP contribution is 2.29. The summed E-state index contributed by atoms with van der Waals surface area (Å²) in [5.74, 6) is 1.10. The van der Waals surface area contributed by atoms with Gasteiger partial charge in [0.1, 0.15) is 5.75 Å². The fraction of sp³-hybridized carbons (Fsp3) is 0.240. The Morgan fingerprint density at radius 1 is 0.875 bits per heavy atom. The van der Waals surface area contributed by atoms with Crippen LogP contribution in [0.3, 0.4) is 0 Å². The number of benzene rings is 3. The quantitative estimate of drug-likeness (QED) is 0.496. The fourth-order valence-corrected chi connectivity index (χ4v) is 4.46. The molecule has 0 heterocycles. The third-order valence-corrected chi connectivity index (χ3v) is 6.22. The van der Waals surface area contributed by atoms with Crippen LogP contribution in [0.15, 0.2) is 83.8 Å². The molecule has 0 aliphatic rings.